The molecule has 0 radical (unpaired) electrons. The highest BCUT2D eigenvalue weighted by Crippen LogP contribution is 2.33. The summed E-state index contributed by atoms with van der Waals surface area (Å²) in [5.74, 6) is -2.82. The summed E-state index contributed by atoms with van der Waals surface area (Å²) in [4.78, 5) is 37.7. The van der Waals surface area contributed by atoms with E-state index in [2.05, 4.69) is 10.6 Å². The average Bonchev–Trinajstić information content (AvgIpc) is 2.79. The van der Waals surface area contributed by atoms with Gasteiger partial charge in [-0.1, -0.05) is 47.6 Å². The Morgan fingerprint density at radius 1 is 0.938 bits per heavy atom. The van der Waals surface area contributed by atoms with Gasteiger partial charge in [-0.2, -0.15) is 0 Å². The molecule has 2 amide bonds. The molecule has 0 fully saturated rings. The van der Waals surface area contributed by atoms with Crippen molar-refractivity contribution in [2.75, 3.05) is 18.5 Å². The van der Waals surface area contributed by atoms with Crippen molar-refractivity contribution in [2.45, 2.75) is 9.79 Å². The number of esters is 1. The minimum absolute atomic E-state index is 0.187. The number of benzene rings is 3. The van der Waals surface area contributed by atoms with E-state index in [1.807, 2.05) is 24.3 Å². The summed E-state index contributed by atoms with van der Waals surface area (Å²) in [7, 11) is 0. The third-order valence-corrected chi connectivity index (χ3v) is 5.41. The van der Waals surface area contributed by atoms with Gasteiger partial charge in [-0.15, -0.1) is 0 Å². The Bertz CT molecular complexity index is 1120. The van der Waals surface area contributed by atoms with Gasteiger partial charge in [0.15, 0.2) is 6.61 Å². The number of halogens is 2. The van der Waals surface area contributed by atoms with Gasteiger partial charge in [-0.3, -0.25) is 14.4 Å². The molecule has 0 aromatic heterocycles. The number of carbonyl (C=O) groups is 3. The molecule has 0 aliphatic heterocycles. The third kappa shape index (κ3) is 6.83. The maximum absolute atomic E-state index is 13.6. The Balaban J connectivity index is 1.48. The van der Waals surface area contributed by atoms with Gasteiger partial charge in [0.25, 0.3) is 11.8 Å². The number of carbonyl (C=O) groups excluding carboxylic acids is 3. The zero-order chi connectivity index (χ0) is 22.9. The summed E-state index contributed by atoms with van der Waals surface area (Å²) in [6.45, 7) is -1.03. The van der Waals surface area contributed by atoms with Gasteiger partial charge in [0.05, 0.1) is 11.3 Å². The Morgan fingerprint density at radius 3 is 2.38 bits per heavy atom. The molecule has 9 heteroatoms. The molecular formula is C23H18ClFN2O4S. The van der Waals surface area contributed by atoms with Gasteiger partial charge >= 0.3 is 5.97 Å². The molecule has 3 rings (SSSR count). The van der Waals surface area contributed by atoms with Crippen molar-refractivity contribution in [3.8, 4) is 0 Å². The predicted molar refractivity (Wildman–Crippen MR) is 120 cm³/mol. The summed E-state index contributed by atoms with van der Waals surface area (Å²) in [6, 6.07) is 19.8. The predicted octanol–water partition coefficient (Wildman–Crippen LogP) is 4.54. The number of para-hydroxylation sites is 1. The van der Waals surface area contributed by atoms with Crippen LogP contribution in [0.4, 0.5) is 10.1 Å². The molecule has 0 aliphatic carbocycles. The molecule has 0 unspecified atom stereocenters. The summed E-state index contributed by atoms with van der Waals surface area (Å²) in [5.41, 5.74) is 0.370. The minimum atomic E-state index is -0.825. The van der Waals surface area contributed by atoms with Crippen molar-refractivity contribution < 1.29 is 23.5 Å². The van der Waals surface area contributed by atoms with Gasteiger partial charge in [0, 0.05) is 14.8 Å². The molecule has 0 atom stereocenters. The van der Waals surface area contributed by atoms with E-state index in [-0.39, 0.29) is 5.56 Å². The van der Waals surface area contributed by atoms with Crippen LogP contribution in [0.1, 0.15) is 10.4 Å². The first-order chi connectivity index (χ1) is 15.4. The smallest absolute Gasteiger partial charge is 0.325 e. The first-order valence-electron chi connectivity index (χ1n) is 9.43. The lowest BCUT2D eigenvalue weighted by molar-refractivity contribution is -0.146. The van der Waals surface area contributed by atoms with E-state index in [0.717, 1.165) is 15.9 Å². The molecule has 32 heavy (non-hydrogen) atoms. The Morgan fingerprint density at radius 2 is 1.62 bits per heavy atom. The lowest BCUT2D eigenvalue weighted by atomic mass is 10.2. The second-order valence-corrected chi connectivity index (χ2v) is 7.98. The van der Waals surface area contributed by atoms with Crippen LogP contribution in [0.5, 0.6) is 0 Å². The normalized spacial score (nSPS) is 10.3. The Kier molecular flexibility index (Phi) is 8.24. The van der Waals surface area contributed by atoms with Crippen LogP contribution in [-0.2, 0) is 14.3 Å². The number of hydrogen-bond acceptors (Lipinski definition) is 5. The zero-order valence-corrected chi connectivity index (χ0v) is 18.2. The zero-order valence-electron chi connectivity index (χ0n) is 16.6. The van der Waals surface area contributed by atoms with E-state index in [4.69, 9.17) is 16.3 Å². The van der Waals surface area contributed by atoms with Gasteiger partial charge < -0.3 is 15.4 Å². The number of hydrogen-bond donors (Lipinski definition) is 2. The quantitative estimate of drug-likeness (QED) is 0.470. The monoisotopic (exact) mass is 472 g/mol. The van der Waals surface area contributed by atoms with Crippen LogP contribution in [0.15, 0.2) is 82.6 Å². The van der Waals surface area contributed by atoms with Crippen LogP contribution in [0, 0.1) is 5.82 Å². The van der Waals surface area contributed by atoms with Gasteiger partial charge in [0.2, 0.25) is 0 Å². The van der Waals surface area contributed by atoms with E-state index < -0.39 is 36.8 Å². The topological polar surface area (TPSA) is 84.5 Å². The lowest BCUT2D eigenvalue weighted by Crippen LogP contribution is -2.32. The Hall–Kier alpha value is -3.36. The number of nitrogens with one attached hydrogen (secondary N) is 2. The number of anilines is 1. The highest BCUT2D eigenvalue weighted by molar-refractivity contribution is 7.99. The number of amides is 2. The van der Waals surface area contributed by atoms with E-state index in [1.165, 1.54) is 30.0 Å². The third-order valence-electron chi connectivity index (χ3n) is 4.08. The van der Waals surface area contributed by atoms with Crippen LogP contribution in [0.25, 0.3) is 0 Å². The van der Waals surface area contributed by atoms with Crippen molar-refractivity contribution in [3.63, 3.8) is 0 Å². The maximum atomic E-state index is 13.6. The molecule has 3 aromatic carbocycles. The van der Waals surface area contributed by atoms with Crippen LogP contribution < -0.4 is 10.6 Å². The molecule has 0 heterocycles. The fraction of sp³-hybridized carbons (Fsp3) is 0.0870. The van der Waals surface area contributed by atoms with Crippen LogP contribution in [0.3, 0.4) is 0 Å². The minimum Gasteiger partial charge on any atom is -0.454 e. The second kappa shape index (κ2) is 11.3. The van der Waals surface area contributed by atoms with E-state index in [9.17, 15) is 18.8 Å². The average molecular weight is 473 g/mol. The summed E-state index contributed by atoms with van der Waals surface area (Å²) < 4.78 is 18.5. The summed E-state index contributed by atoms with van der Waals surface area (Å²) >= 11 is 7.35. The molecule has 6 nitrogen and oxygen atoms in total. The fourth-order valence-corrected chi connectivity index (χ4v) is 3.59. The molecular weight excluding hydrogens is 455 g/mol. The van der Waals surface area contributed by atoms with Crippen molar-refractivity contribution in [1.29, 1.82) is 0 Å². The lowest BCUT2D eigenvalue weighted by Gasteiger charge is -2.11. The first-order valence-corrected chi connectivity index (χ1v) is 10.6. The highest BCUT2D eigenvalue weighted by Gasteiger charge is 2.14. The van der Waals surface area contributed by atoms with E-state index in [1.54, 1.807) is 24.3 Å². The molecule has 0 spiro atoms. The SMILES string of the molecule is O=C(COC(=O)CNC(=O)c1ccccc1F)Nc1ccccc1Sc1ccc(Cl)cc1. The molecule has 164 valence electrons. The van der Waals surface area contributed by atoms with Crippen molar-refractivity contribution in [1.82, 2.24) is 5.32 Å². The first kappa shape index (κ1) is 23.3. The fourth-order valence-electron chi connectivity index (χ4n) is 2.56. The van der Waals surface area contributed by atoms with Crippen molar-refractivity contribution >= 4 is 46.8 Å². The molecule has 0 aliphatic rings. The molecule has 3 aromatic rings. The largest absolute Gasteiger partial charge is 0.454 e. The summed E-state index contributed by atoms with van der Waals surface area (Å²) in [6.07, 6.45) is 0. The van der Waals surface area contributed by atoms with Gasteiger partial charge in [-0.05, 0) is 48.5 Å². The molecule has 0 saturated heterocycles. The van der Waals surface area contributed by atoms with Crippen LogP contribution >= 0.6 is 23.4 Å². The molecule has 0 saturated carbocycles. The molecule has 2 N–H and O–H groups in total. The van der Waals surface area contributed by atoms with Gasteiger partial charge in [0.1, 0.15) is 12.4 Å². The van der Waals surface area contributed by atoms with Crippen LogP contribution in [0.2, 0.25) is 5.02 Å². The standard InChI is InChI=1S/C23H18ClFN2O4S/c24-15-9-11-16(12-10-15)32-20-8-4-3-7-19(20)27-21(28)14-31-22(29)13-26-23(30)17-5-1-2-6-18(17)25/h1-12H,13-14H2,(H,26,30)(H,27,28). The van der Waals surface area contributed by atoms with E-state index >= 15 is 0 Å². The van der Waals surface area contributed by atoms with Crippen LogP contribution in [-0.4, -0.2) is 30.9 Å². The van der Waals surface area contributed by atoms with Crippen molar-refractivity contribution in [2.24, 2.45) is 0 Å². The van der Waals surface area contributed by atoms with E-state index in [0.29, 0.717) is 10.7 Å². The number of rotatable bonds is 8. The maximum Gasteiger partial charge on any atom is 0.325 e. The Labute approximate surface area is 193 Å². The summed E-state index contributed by atoms with van der Waals surface area (Å²) in [5, 5.41) is 5.58. The van der Waals surface area contributed by atoms with Crippen molar-refractivity contribution in [3.05, 3.63) is 89.2 Å². The number of ether oxygens (including phenoxy) is 1. The highest BCUT2D eigenvalue weighted by atomic mass is 35.5. The molecule has 0 bridgehead atoms. The van der Waals surface area contributed by atoms with Gasteiger partial charge in [-0.25, -0.2) is 4.39 Å². The second-order valence-electron chi connectivity index (χ2n) is 6.42.